The Kier molecular flexibility index (Phi) is 11.4. The molecule has 1 aromatic rings. The number of benzene rings is 1. The number of para-hydroxylation sites is 1. The van der Waals surface area contributed by atoms with Crippen molar-refractivity contribution in [1.29, 1.82) is 0 Å². The summed E-state index contributed by atoms with van der Waals surface area (Å²) in [5.74, 6) is -14.2. The van der Waals surface area contributed by atoms with Crippen molar-refractivity contribution >= 4 is 5.69 Å². The van der Waals surface area contributed by atoms with Crippen LogP contribution in [0.4, 0.5) is 71.6 Å². The van der Waals surface area contributed by atoms with Crippen LogP contribution in [0.15, 0.2) is 24.3 Å². The van der Waals surface area contributed by atoms with Gasteiger partial charge in [-0.1, -0.05) is 18.2 Å². The Hall–Kier alpha value is -2.35. The van der Waals surface area contributed by atoms with Crippen LogP contribution in [0.5, 0.6) is 0 Å². The van der Waals surface area contributed by atoms with Crippen molar-refractivity contribution in [2.24, 2.45) is 47.3 Å². The lowest BCUT2D eigenvalue weighted by molar-refractivity contribution is -0.0974. The van der Waals surface area contributed by atoms with Gasteiger partial charge in [-0.2, -0.15) is 0 Å². The van der Waals surface area contributed by atoms with Crippen molar-refractivity contribution in [3.05, 3.63) is 29.8 Å². The van der Waals surface area contributed by atoms with Gasteiger partial charge in [0.25, 0.3) is 0 Å². The maximum Gasteiger partial charge on any atom is 0.165 e. The lowest BCUT2D eigenvalue weighted by atomic mass is 9.71. The highest BCUT2D eigenvalue weighted by Crippen LogP contribution is 2.52. The number of fused-ring (bicyclic) bond motifs is 20. The fourth-order valence-electron chi connectivity index (χ4n) is 13.0. The molecule has 31 unspecified atom stereocenters. The summed E-state index contributed by atoms with van der Waals surface area (Å²) >= 11 is 0. The normalized spacial score (nSPS) is 59.0. The second-order valence-electron chi connectivity index (χ2n) is 19.0. The molecule has 9 fully saturated rings. The molecule has 5 aliphatic heterocycles. The number of anilines is 1. The zero-order valence-corrected chi connectivity index (χ0v) is 33.0. The minimum atomic E-state index is -3.16. The molecule has 0 aromatic heterocycles. The molecule has 354 valence electrons. The van der Waals surface area contributed by atoms with Gasteiger partial charge in [-0.05, 0) is 30.9 Å². The van der Waals surface area contributed by atoms with Gasteiger partial charge in [-0.25, -0.2) is 61.5 Å². The first-order valence-corrected chi connectivity index (χ1v) is 21.5. The van der Waals surface area contributed by atoms with Crippen LogP contribution in [0.2, 0.25) is 0 Å². The van der Waals surface area contributed by atoms with E-state index in [1.165, 1.54) is 0 Å². The van der Waals surface area contributed by atoms with Crippen LogP contribution in [0.1, 0.15) is 12.0 Å². The number of rotatable bonds is 2. The van der Waals surface area contributed by atoms with Crippen molar-refractivity contribution in [3.63, 3.8) is 0 Å². The third-order valence-corrected chi connectivity index (χ3v) is 15.9. The van der Waals surface area contributed by atoms with E-state index in [1.54, 1.807) is 31.2 Å². The molecule has 10 rings (SSSR count). The van der Waals surface area contributed by atoms with Crippen LogP contribution in [0.3, 0.4) is 0 Å². The molecule has 9 aliphatic rings. The molecule has 4 saturated carbocycles. The second kappa shape index (κ2) is 16.2. The monoisotopic (exact) mass is 927 g/mol. The van der Waals surface area contributed by atoms with Gasteiger partial charge in [0.15, 0.2) is 43.2 Å². The molecule has 63 heavy (non-hydrogen) atoms. The van der Waals surface area contributed by atoms with E-state index < -0.39 is 196 Å². The zero-order valence-electron chi connectivity index (χ0n) is 33.0. The van der Waals surface area contributed by atoms with Gasteiger partial charge in [-0.15, -0.1) is 9.60 Å². The maximum atomic E-state index is 17.0. The highest BCUT2D eigenvalue weighted by atomic mass is 19.2. The highest BCUT2D eigenvalue weighted by Gasteiger charge is 2.69. The maximum absolute atomic E-state index is 17.0. The van der Waals surface area contributed by atoms with E-state index >= 15 is 65.9 Å². The van der Waals surface area contributed by atoms with E-state index in [0.29, 0.717) is 11.3 Å². The summed E-state index contributed by atoms with van der Waals surface area (Å²) in [6.07, 6.45) is -54.7. The Bertz CT molecular complexity index is 1840. The van der Waals surface area contributed by atoms with E-state index in [0.717, 1.165) is 0 Å². The Balaban J connectivity index is 1.10. The smallest absolute Gasteiger partial charge is 0.165 e. The van der Waals surface area contributed by atoms with Crippen molar-refractivity contribution < 1.29 is 65.9 Å². The van der Waals surface area contributed by atoms with Gasteiger partial charge in [0, 0.05) is 47.1 Å². The van der Waals surface area contributed by atoms with Crippen molar-refractivity contribution in [3.8, 4) is 0 Å². The molecule has 24 heteroatoms. The molecule has 8 bridgehead atoms. The summed E-state index contributed by atoms with van der Waals surface area (Å²) < 4.78 is 238. The number of nitrogens with zero attached hydrogens (tertiary/aromatic N) is 1. The van der Waals surface area contributed by atoms with Crippen LogP contribution < -0.4 is 42.5 Å². The van der Waals surface area contributed by atoms with Gasteiger partial charge >= 0.3 is 0 Å². The largest absolute Gasteiger partial charge is 0.379 e. The molecule has 0 amide bonds. The molecule has 9 nitrogen and oxygen atoms in total. The van der Waals surface area contributed by atoms with Crippen molar-refractivity contribution in [2.75, 3.05) is 5.32 Å². The van der Waals surface area contributed by atoms with Gasteiger partial charge in [0.1, 0.15) is 43.2 Å². The number of alkyl halides is 14. The van der Waals surface area contributed by atoms with E-state index in [-0.39, 0.29) is 5.12 Å². The molecule has 4 aliphatic carbocycles. The standard InChI is InChI=1S/C39H48F15N9/c1-7-4-2-3-5-10(7)55-31-17-14(22(45)29(52)30(31)53)35-57-32-8-6-9(40)18(41)19(42)11(8)33(56-32)61-38-15-16(24(47)28(51)27(50)23(15)46)39(63(38)54)62-36-13-12(34(58-36)59-37(17)60-35)20(43)25(48)26(49)21(13)44/h2-5,8-9,11-39,55-62H,6H2,1H3. The molecular weight excluding hydrogens is 879 g/mol. The van der Waals surface area contributed by atoms with Crippen LogP contribution in [0.25, 0.3) is 0 Å². The number of hydrogen-bond acceptors (Lipinski definition) is 9. The molecular formula is C39H48F15N9. The third-order valence-electron chi connectivity index (χ3n) is 15.9. The number of aryl methyl sites for hydroxylation is 1. The van der Waals surface area contributed by atoms with Crippen LogP contribution in [-0.4, -0.2) is 147 Å². The number of halogens is 15. The molecule has 31 atom stereocenters. The fourth-order valence-corrected chi connectivity index (χ4v) is 13.0. The van der Waals surface area contributed by atoms with Gasteiger partial charge in [-0.3, -0.25) is 37.2 Å². The van der Waals surface area contributed by atoms with Crippen LogP contribution in [-0.2, 0) is 0 Å². The Morgan fingerprint density at radius 1 is 0.429 bits per heavy atom. The summed E-state index contributed by atoms with van der Waals surface area (Å²) in [6.45, 7) is 1.65. The summed E-state index contributed by atoms with van der Waals surface area (Å²) in [5, 5.41) is 22.1. The van der Waals surface area contributed by atoms with Gasteiger partial charge < -0.3 is 5.32 Å². The first-order chi connectivity index (χ1) is 29.9. The summed E-state index contributed by atoms with van der Waals surface area (Å²) in [4.78, 5) is 0. The molecule has 0 radical (unpaired) electrons. The van der Waals surface area contributed by atoms with E-state index in [9.17, 15) is 0 Å². The topological polar surface area (TPSA) is 99.5 Å². The average Bonchev–Trinajstić information content (AvgIpc) is 3.98. The lowest BCUT2D eigenvalue weighted by Crippen LogP contribution is -2.63. The van der Waals surface area contributed by atoms with Gasteiger partial charge in [0.05, 0.1) is 55.4 Å². The molecule has 5 heterocycles. The van der Waals surface area contributed by atoms with Crippen LogP contribution in [0, 0.1) is 54.3 Å². The van der Waals surface area contributed by atoms with Gasteiger partial charge in [0.2, 0.25) is 0 Å². The fraction of sp³-hybridized carbons (Fsp3) is 0.846. The predicted molar refractivity (Wildman–Crippen MR) is 195 cm³/mol. The third kappa shape index (κ3) is 6.65. The second-order valence-corrected chi connectivity index (χ2v) is 19.0. The Morgan fingerprint density at radius 2 is 0.810 bits per heavy atom. The lowest BCUT2D eigenvalue weighted by Gasteiger charge is -2.45. The molecule has 8 N–H and O–H groups in total. The van der Waals surface area contributed by atoms with E-state index in [1.807, 2.05) is 0 Å². The Morgan fingerprint density at radius 3 is 1.32 bits per heavy atom. The average molecular weight is 928 g/mol. The van der Waals surface area contributed by atoms with E-state index in [4.69, 9.17) is 0 Å². The summed E-state index contributed by atoms with van der Waals surface area (Å²) in [6, 6.07) is 4.84. The zero-order chi connectivity index (χ0) is 44.8. The number of hydrogen-bond donors (Lipinski definition) is 8. The molecule has 5 saturated heterocycles. The van der Waals surface area contributed by atoms with Crippen molar-refractivity contribution in [1.82, 2.24) is 42.3 Å². The number of nitrogens with one attached hydrogen (secondary N) is 8. The summed E-state index contributed by atoms with van der Waals surface area (Å²) in [5.41, 5.74) is 0.867. The minimum Gasteiger partial charge on any atom is -0.379 e. The highest BCUT2D eigenvalue weighted by molar-refractivity contribution is 5.52. The quantitative estimate of drug-likeness (QED) is 0.166. The molecule has 0 spiro atoms. The first-order valence-electron chi connectivity index (χ1n) is 21.5. The SMILES string of the molecule is Cc1ccccc1NC1C(F)C(F)C(F)C2C3NC4NC(NC5C6C(F)C(F)C(F)C(F)C6C(NC6NC(NC(N3)C12)C1C(F)C(F)C(F)C(F)C61)N5F)C1C(F)C(F)C(F)CC41. The predicted octanol–water partition coefficient (Wildman–Crippen LogP) is 3.87. The first kappa shape index (κ1) is 44.5. The Labute approximate surface area is 351 Å². The van der Waals surface area contributed by atoms with Crippen molar-refractivity contribution in [2.45, 2.75) is 155 Å². The molecule has 1 aromatic carbocycles. The minimum absolute atomic E-state index is 0.299. The van der Waals surface area contributed by atoms with E-state index in [2.05, 4.69) is 42.5 Å². The summed E-state index contributed by atoms with van der Waals surface area (Å²) in [7, 11) is 0. The van der Waals surface area contributed by atoms with Crippen LogP contribution >= 0.6 is 0 Å².